The zero-order chi connectivity index (χ0) is 26.5. The number of hydrogen-bond donors (Lipinski definition) is 2. The fourth-order valence-corrected chi connectivity index (χ4v) is 4.31. The fraction of sp³-hybridized carbons (Fsp3) is 0.207. The average molecular weight is 501 g/mol. The molecule has 0 aromatic heterocycles. The molecule has 190 valence electrons. The van der Waals surface area contributed by atoms with E-state index < -0.39 is 17.7 Å². The molecule has 4 rings (SSSR count). The molecule has 1 aliphatic heterocycles. The smallest absolute Gasteiger partial charge is 0.300 e. The van der Waals surface area contributed by atoms with Crippen LogP contribution in [0.15, 0.2) is 78.4 Å². The number of carbonyl (C=O) groups is 3. The highest BCUT2D eigenvalue weighted by Gasteiger charge is 2.48. The maximum absolute atomic E-state index is 13.4. The van der Waals surface area contributed by atoms with Gasteiger partial charge in [0.25, 0.3) is 11.7 Å². The lowest BCUT2D eigenvalue weighted by atomic mass is 9.94. The predicted octanol–water partition coefficient (Wildman–Crippen LogP) is 5.07. The number of anilines is 2. The minimum atomic E-state index is -0.972. The number of nitrogens with zero attached hydrogens (tertiary/aromatic N) is 1. The van der Waals surface area contributed by atoms with Crippen LogP contribution in [0.3, 0.4) is 0 Å². The Labute approximate surface area is 215 Å². The third kappa shape index (κ3) is 5.18. The standard InChI is InChI=1S/C29H28N2O6/c1-4-16-37-22-14-12-19(13-15-22)27(33)25-26(23-10-5-6-11-24(23)36-3)31(29(35)28(25)34)21-9-7-8-20(17-21)30-18(2)32/h5-15,17,26,33H,4,16H2,1-3H3,(H,30,32)/b27-25+. The van der Waals surface area contributed by atoms with E-state index in [9.17, 15) is 19.5 Å². The second kappa shape index (κ2) is 11.0. The van der Waals surface area contributed by atoms with Gasteiger partial charge in [0.05, 0.1) is 25.3 Å². The van der Waals surface area contributed by atoms with Crippen molar-refractivity contribution in [2.45, 2.75) is 26.3 Å². The molecule has 0 radical (unpaired) electrons. The third-order valence-corrected chi connectivity index (χ3v) is 5.92. The van der Waals surface area contributed by atoms with Gasteiger partial charge in [0.15, 0.2) is 0 Å². The van der Waals surface area contributed by atoms with Crippen LogP contribution in [0.25, 0.3) is 5.76 Å². The lowest BCUT2D eigenvalue weighted by molar-refractivity contribution is -0.132. The Hall–Kier alpha value is -4.59. The number of hydrogen-bond acceptors (Lipinski definition) is 6. The van der Waals surface area contributed by atoms with Crippen LogP contribution >= 0.6 is 0 Å². The van der Waals surface area contributed by atoms with Crippen LogP contribution in [-0.4, -0.2) is 36.4 Å². The highest BCUT2D eigenvalue weighted by atomic mass is 16.5. The molecule has 8 nitrogen and oxygen atoms in total. The molecule has 1 fully saturated rings. The molecule has 0 spiro atoms. The Morgan fingerprint density at radius 1 is 1.03 bits per heavy atom. The summed E-state index contributed by atoms with van der Waals surface area (Å²) in [5.74, 6) is -1.13. The Morgan fingerprint density at radius 2 is 1.76 bits per heavy atom. The summed E-state index contributed by atoms with van der Waals surface area (Å²) in [6.07, 6.45) is 0.854. The van der Waals surface area contributed by atoms with Crippen molar-refractivity contribution in [3.63, 3.8) is 0 Å². The Balaban J connectivity index is 1.88. The van der Waals surface area contributed by atoms with E-state index in [1.165, 1.54) is 18.9 Å². The molecular weight excluding hydrogens is 472 g/mol. The quantitative estimate of drug-likeness (QED) is 0.254. The Morgan fingerprint density at radius 3 is 2.43 bits per heavy atom. The third-order valence-electron chi connectivity index (χ3n) is 5.92. The van der Waals surface area contributed by atoms with Gasteiger partial charge in [0.2, 0.25) is 5.91 Å². The number of aliphatic hydroxyl groups excluding tert-OH is 1. The van der Waals surface area contributed by atoms with Gasteiger partial charge in [-0.1, -0.05) is 31.2 Å². The maximum atomic E-state index is 13.4. The summed E-state index contributed by atoms with van der Waals surface area (Å²) < 4.78 is 11.2. The van der Waals surface area contributed by atoms with Crippen molar-refractivity contribution in [2.24, 2.45) is 0 Å². The van der Waals surface area contributed by atoms with Crippen molar-refractivity contribution in [2.75, 3.05) is 23.9 Å². The first kappa shape index (κ1) is 25.5. The first-order valence-electron chi connectivity index (χ1n) is 11.9. The zero-order valence-electron chi connectivity index (χ0n) is 20.9. The van der Waals surface area contributed by atoms with E-state index in [-0.39, 0.29) is 17.2 Å². The second-order valence-corrected chi connectivity index (χ2v) is 8.52. The van der Waals surface area contributed by atoms with E-state index in [1.54, 1.807) is 72.8 Å². The fourth-order valence-electron chi connectivity index (χ4n) is 4.31. The highest BCUT2D eigenvalue weighted by Crippen LogP contribution is 2.45. The van der Waals surface area contributed by atoms with Gasteiger partial charge in [0.1, 0.15) is 17.3 Å². The second-order valence-electron chi connectivity index (χ2n) is 8.52. The van der Waals surface area contributed by atoms with E-state index in [0.29, 0.717) is 40.6 Å². The Kier molecular flexibility index (Phi) is 7.57. The number of nitrogens with one attached hydrogen (secondary N) is 1. The summed E-state index contributed by atoms with van der Waals surface area (Å²) in [7, 11) is 1.50. The van der Waals surface area contributed by atoms with Gasteiger partial charge in [-0.15, -0.1) is 0 Å². The summed E-state index contributed by atoms with van der Waals surface area (Å²) in [4.78, 5) is 39.8. The van der Waals surface area contributed by atoms with Crippen molar-refractivity contribution in [1.82, 2.24) is 0 Å². The van der Waals surface area contributed by atoms with Gasteiger partial charge in [-0.05, 0) is 55.0 Å². The largest absolute Gasteiger partial charge is 0.507 e. The molecule has 3 aromatic rings. The number of para-hydroxylation sites is 1. The number of carbonyl (C=O) groups excluding carboxylic acids is 3. The van der Waals surface area contributed by atoms with Gasteiger partial charge in [-0.2, -0.15) is 0 Å². The number of amides is 2. The minimum Gasteiger partial charge on any atom is -0.507 e. The number of Topliss-reactive ketones (excluding diaryl/α,β-unsaturated/α-hetero) is 1. The highest BCUT2D eigenvalue weighted by molar-refractivity contribution is 6.51. The summed E-state index contributed by atoms with van der Waals surface area (Å²) in [6, 6.07) is 19.4. The van der Waals surface area contributed by atoms with Gasteiger partial charge >= 0.3 is 0 Å². The van der Waals surface area contributed by atoms with Crippen LogP contribution in [0.1, 0.15) is 37.4 Å². The van der Waals surface area contributed by atoms with Crippen LogP contribution in [-0.2, 0) is 14.4 Å². The first-order valence-corrected chi connectivity index (χ1v) is 11.9. The van der Waals surface area contributed by atoms with E-state index >= 15 is 0 Å². The number of ether oxygens (including phenoxy) is 2. The molecule has 0 saturated carbocycles. The van der Waals surface area contributed by atoms with E-state index in [4.69, 9.17) is 9.47 Å². The molecule has 1 heterocycles. The molecular formula is C29H28N2O6. The topological polar surface area (TPSA) is 105 Å². The van der Waals surface area contributed by atoms with Crippen molar-refractivity contribution in [3.8, 4) is 11.5 Å². The number of ketones is 1. The van der Waals surface area contributed by atoms with E-state index in [2.05, 4.69) is 5.32 Å². The van der Waals surface area contributed by atoms with E-state index in [0.717, 1.165) is 6.42 Å². The van der Waals surface area contributed by atoms with Gasteiger partial charge < -0.3 is 19.9 Å². The number of aliphatic hydroxyl groups is 1. The predicted molar refractivity (Wildman–Crippen MR) is 141 cm³/mol. The molecule has 1 saturated heterocycles. The van der Waals surface area contributed by atoms with Crippen LogP contribution in [0.2, 0.25) is 0 Å². The van der Waals surface area contributed by atoms with Crippen LogP contribution in [0, 0.1) is 0 Å². The molecule has 1 atom stereocenters. The molecule has 0 bridgehead atoms. The molecule has 1 aliphatic rings. The summed E-state index contributed by atoms with van der Waals surface area (Å²) in [6.45, 7) is 3.94. The van der Waals surface area contributed by atoms with Gasteiger partial charge in [-0.3, -0.25) is 19.3 Å². The molecule has 2 amide bonds. The SMILES string of the molecule is CCCOc1ccc(/C(O)=C2\C(=O)C(=O)N(c3cccc(NC(C)=O)c3)C2c2ccccc2OC)cc1. The first-order chi connectivity index (χ1) is 17.8. The number of methoxy groups -OCH3 is 1. The zero-order valence-corrected chi connectivity index (χ0v) is 20.9. The normalized spacial score (nSPS) is 16.5. The molecule has 1 unspecified atom stereocenters. The molecule has 8 heteroatoms. The van der Waals surface area contributed by atoms with Crippen LogP contribution in [0.4, 0.5) is 11.4 Å². The average Bonchev–Trinajstić information content (AvgIpc) is 3.17. The van der Waals surface area contributed by atoms with Crippen LogP contribution in [0.5, 0.6) is 11.5 Å². The van der Waals surface area contributed by atoms with Crippen molar-refractivity contribution in [3.05, 3.63) is 89.5 Å². The van der Waals surface area contributed by atoms with Crippen molar-refractivity contribution in [1.29, 1.82) is 0 Å². The number of benzene rings is 3. The lowest BCUT2D eigenvalue weighted by Crippen LogP contribution is -2.29. The van der Waals surface area contributed by atoms with Crippen LogP contribution < -0.4 is 19.7 Å². The minimum absolute atomic E-state index is 0.0679. The summed E-state index contributed by atoms with van der Waals surface area (Å²) >= 11 is 0. The summed E-state index contributed by atoms with van der Waals surface area (Å²) in [5, 5.41) is 14.0. The Bertz CT molecular complexity index is 1360. The molecule has 2 N–H and O–H groups in total. The maximum Gasteiger partial charge on any atom is 0.300 e. The van der Waals surface area contributed by atoms with E-state index in [1.807, 2.05) is 6.92 Å². The lowest BCUT2D eigenvalue weighted by Gasteiger charge is -2.27. The summed E-state index contributed by atoms with van der Waals surface area (Å²) in [5.41, 5.74) is 1.67. The van der Waals surface area contributed by atoms with Crippen molar-refractivity contribution >= 4 is 34.7 Å². The molecule has 0 aliphatic carbocycles. The van der Waals surface area contributed by atoms with Gasteiger partial charge in [-0.25, -0.2) is 0 Å². The molecule has 3 aromatic carbocycles. The number of rotatable bonds is 8. The van der Waals surface area contributed by atoms with Gasteiger partial charge in [0, 0.05) is 29.4 Å². The van der Waals surface area contributed by atoms with Crippen molar-refractivity contribution < 1.29 is 29.0 Å². The molecule has 37 heavy (non-hydrogen) atoms. The monoisotopic (exact) mass is 500 g/mol.